The molecule has 8 nitrogen and oxygen atoms in total. The van der Waals surface area contributed by atoms with Crippen molar-refractivity contribution in [3.8, 4) is 0 Å². The zero-order valence-electron chi connectivity index (χ0n) is 14.3. The second-order valence-corrected chi connectivity index (χ2v) is 6.50. The highest BCUT2D eigenvalue weighted by Gasteiger charge is 2.22. The summed E-state index contributed by atoms with van der Waals surface area (Å²) in [5.41, 5.74) is 13.1. The summed E-state index contributed by atoms with van der Waals surface area (Å²) in [6.07, 6.45) is 5.64. The molecule has 3 aromatic rings. The molecular weight excluding hydrogens is 332 g/mol. The average molecular weight is 352 g/mol. The van der Waals surface area contributed by atoms with Gasteiger partial charge in [0.2, 0.25) is 0 Å². The number of hydrogen-bond donors (Lipinski definition) is 2. The fraction of sp³-hybridized carbons (Fsp3) is 0.333. The van der Waals surface area contributed by atoms with Gasteiger partial charge in [0.25, 0.3) is 0 Å². The van der Waals surface area contributed by atoms with Gasteiger partial charge < -0.3 is 15.9 Å². The molecule has 0 unspecified atom stereocenters. The van der Waals surface area contributed by atoms with Crippen LogP contribution in [-0.2, 0) is 0 Å². The molecular formula is C18H20N6O2. The number of para-hydroxylation sites is 1. The molecule has 0 atom stereocenters. The van der Waals surface area contributed by atoms with Gasteiger partial charge in [0, 0.05) is 5.39 Å². The van der Waals surface area contributed by atoms with Crippen molar-refractivity contribution in [2.75, 3.05) is 5.73 Å². The maximum Gasteiger partial charge on any atom is 0.338 e. The van der Waals surface area contributed by atoms with Crippen molar-refractivity contribution in [2.45, 2.75) is 38.1 Å². The molecule has 0 aliphatic heterocycles. The van der Waals surface area contributed by atoms with E-state index in [-0.39, 0.29) is 11.9 Å². The van der Waals surface area contributed by atoms with E-state index in [4.69, 9.17) is 15.9 Å². The number of hydrogen-bond acceptors (Lipinski definition) is 6. The number of aromatic nitrogens is 3. The molecule has 0 saturated heterocycles. The van der Waals surface area contributed by atoms with Crippen LogP contribution in [0.3, 0.4) is 0 Å². The maximum absolute atomic E-state index is 11.8. The number of benzene rings is 1. The largest absolute Gasteiger partial charge is 0.423 e. The highest BCUT2D eigenvalue weighted by atomic mass is 16.4. The van der Waals surface area contributed by atoms with Crippen LogP contribution >= 0.6 is 0 Å². The summed E-state index contributed by atoms with van der Waals surface area (Å²) in [5.74, 6) is 0.533. The van der Waals surface area contributed by atoms with E-state index in [1.165, 1.54) is 12.5 Å². The Morgan fingerprint density at radius 2 is 2.00 bits per heavy atom. The number of amidine groups is 1. The molecule has 0 amide bonds. The molecule has 2 aromatic heterocycles. The van der Waals surface area contributed by atoms with Gasteiger partial charge in [0.1, 0.15) is 5.58 Å². The molecule has 4 N–H and O–H groups in total. The van der Waals surface area contributed by atoms with Crippen LogP contribution in [0, 0.1) is 0 Å². The monoisotopic (exact) mass is 352 g/mol. The molecule has 8 heteroatoms. The second kappa shape index (κ2) is 6.62. The normalized spacial score (nSPS) is 16.2. The third kappa shape index (κ3) is 2.94. The first-order valence-electron chi connectivity index (χ1n) is 8.71. The molecule has 0 bridgehead atoms. The van der Waals surface area contributed by atoms with E-state index in [1.807, 2.05) is 12.1 Å². The van der Waals surface area contributed by atoms with Gasteiger partial charge in [0.15, 0.2) is 17.3 Å². The van der Waals surface area contributed by atoms with Crippen LogP contribution in [0.1, 0.15) is 43.8 Å². The van der Waals surface area contributed by atoms with Gasteiger partial charge >= 0.3 is 5.63 Å². The summed E-state index contributed by atoms with van der Waals surface area (Å²) in [5, 5.41) is 8.99. The van der Waals surface area contributed by atoms with E-state index in [9.17, 15) is 4.79 Å². The molecule has 1 fully saturated rings. The highest BCUT2D eigenvalue weighted by Crippen LogP contribution is 2.30. The highest BCUT2D eigenvalue weighted by molar-refractivity contribution is 6.03. The lowest BCUT2D eigenvalue weighted by Crippen LogP contribution is -2.19. The van der Waals surface area contributed by atoms with Gasteiger partial charge in [-0.25, -0.2) is 14.5 Å². The lowest BCUT2D eigenvalue weighted by Gasteiger charge is -2.22. The van der Waals surface area contributed by atoms with Gasteiger partial charge in [-0.15, -0.1) is 5.10 Å². The number of nitrogens with two attached hydrogens (primary N) is 2. The van der Waals surface area contributed by atoms with Gasteiger partial charge in [-0.05, 0) is 25.0 Å². The van der Waals surface area contributed by atoms with Crippen molar-refractivity contribution in [1.82, 2.24) is 15.0 Å². The first kappa shape index (κ1) is 16.3. The predicted octanol–water partition coefficient (Wildman–Crippen LogP) is 2.51. The number of anilines is 1. The molecule has 1 aliphatic carbocycles. The minimum absolute atomic E-state index is 0.125. The minimum Gasteiger partial charge on any atom is -0.423 e. The Labute approximate surface area is 149 Å². The van der Waals surface area contributed by atoms with Crippen molar-refractivity contribution in [2.24, 2.45) is 10.7 Å². The summed E-state index contributed by atoms with van der Waals surface area (Å²) in [4.78, 5) is 16.1. The zero-order valence-corrected chi connectivity index (χ0v) is 14.3. The number of rotatable bonds is 3. The first-order valence-corrected chi connectivity index (χ1v) is 8.71. The van der Waals surface area contributed by atoms with Crippen LogP contribution in [-0.4, -0.2) is 20.8 Å². The van der Waals surface area contributed by atoms with Gasteiger partial charge in [-0.2, -0.15) is 0 Å². The fourth-order valence-corrected chi connectivity index (χ4v) is 3.45. The van der Waals surface area contributed by atoms with Crippen molar-refractivity contribution >= 4 is 28.3 Å². The van der Waals surface area contributed by atoms with Crippen LogP contribution in [0.4, 0.5) is 11.5 Å². The Kier molecular flexibility index (Phi) is 4.16. The maximum atomic E-state index is 11.8. The lowest BCUT2D eigenvalue weighted by molar-refractivity contribution is 0.328. The van der Waals surface area contributed by atoms with Crippen LogP contribution in [0.25, 0.3) is 11.0 Å². The SMILES string of the molecule is NC(=Nc1cc(=O)oc2ccccc12)c1nnn(C2CCCCC2)c1N. The standard InChI is InChI=1S/C18H20N6O2/c19-17(16-18(20)24(23-22-16)11-6-2-1-3-7-11)21-13-10-15(25)26-14-9-5-4-8-12(13)14/h4-5,8-11H,1-3,6-7,20H2,(H2,19,21). The van der Waals surface area contributed by atoms with E-state index in [0.29, 0.717) is 28.2 Å². The second-order valence-electron chi connectivity index (χ2n) is 6.50. The van der Waals surface area contributed by atoms with Crippen molar-refractivity contribution in [1.29, 1.82) is 0 Å². The Hall–Kier alpha value is -3.16. The van der Waals surface area contributed by atoms with Gasteiger partial charge in [-0.3, -0.25) is 0 Å². The molecule has 1 aliphatic rings. The number of nitrogen functional groups attached to an aromatic ring is 1. The number of aliphatic imine (C=N–C) groups is 1. The third-order valence-corrected chi connectivity index (χ3v) is 4.76. The third-order valence-electron chi connectivity index (χ3n) is 4.76. The Morgan fingerprint density at radius 3 is 2.81 bits per heavy atom. The number of nitrogens with zero attached hydrogens (tertiary/aromatic N) is 4. The fourth-order valence-electron chi connectivity index (χ4n) is 3.45. The van der Waals surface area contributed by atoms with E-state index >= 15 is 0 Å². The van der Waals surface area contributed by atoms with Crippen LogP contribution in [0.5, 0.6) is 0 Å². The summed E-state index contributed by atoms with van der Waals surface area (Å²) in [6.45, 7) is 0. The Balaban J connectivity index is 1.73. The average Bonchev–Trinajstić information content (AvgIpc) is 3.04. The van der Waals surface area contributed by atoms with E-state index in [0.717, 1.165) is 25.7 Å². The van der Waals surface area contributed by atoms with Gasteiger partial charge in [-0.1, -0.05) is 36.6 Å². The van der Waals surface area contributed by atoms with E-state index in [2.05, 4.69) is 15.3 Å². The molecule has 0 spiro atoms. The molecule has 134 valence electrons. The minimum atomic E-state index is -0.492. The van der Waals surface area contributed by atoms with Crippen LogP contribution < -0.4 is 17.1 Å². The molecule has 26 heavy (non-hydrogen) atoms. The topological polar surface area (TPSA) is 125 Å². The molecule has 4 rings (SSSR count). The molecule has 1 saturated carbocycles. The van der Waals surface area contributed by atoms with Crippen LogP contribution in [0.2, 0.25) is 0 Å². The van der Waals surface area contributed by atoms with Crippen molar-refractivity contribution in [3.63, 3.8) is 0 Å². The molecule has 1 aromatic carbocycles. The number of fused-ring (bicyclic) bond motifs is 1. The first-order chi connectivity index (χ1) is 12.6. The predicted molar refractivity (Wildman–Crippen MR) is 99.4 cm³/mol. The Bertz CT molecular complexity index is 1030. The quantitative estimate of drug-likeness (QED) is 0.424. The van der Waals surface area contributed by atoms with Crippen molar-refractivity contribution in [3.05, 3.63) is 46.4 Å². The van der Waals surface area contributed by atoms with Crippen LogP contribution in [0.15, 0.2) is 44.5 Å². The zero-order chi connectivity index (χ0) is 18.1. The molecule has 0 radical (unpaired) electrons. The lowest BCUT2D eigenvalue weighted by atomic mass is 9.96. The smallest absolute Gasteiger partial charge is 0.338 e. The van der Waals surface area contributed by atoms with Gasteiger partial charge in [0.05, 0.1) is 17.8 Å². The summed E-state index contributed by atoms with van der Waals surface area (Å²) in [7, 11) is 0. The summed E-state index contributed by atoms with van der Waals surface area (Å²) < 4.78 is 6.92. The summed E-state index contributed by atoms with van der Waals surface area (Å²) >= 11 is 0. The Morgan fingerprint density at radius 1 is 1.23 bits per heavy atom. The molecule has 2 heterocycles. The van der Waals surface area contributed by atoms with Crippen molar-refractivity contribution < 1.29 is 4.42 Å². The summed E-state index contributed by atoms with van der Waals surface area (Å²) in [6, 6.07) is 8.70. The van der Waals surface area contributed by atoms with E-state index in [1.54, 1.807) is 16.8 Å². The van der Waals surface area contributed by atoms with E-state index < -0.39 is 5.63 Å².